The van der Waals surface area contributed by atoms with E-state index in [0.717, 1.165) is 24.3 Å². The SMILES string of the molecule is CC(C)(C)OC(=O)c1n[nH]nc1C1CCCSC1. The Morgan fingerprint density at radius 3 is 2.83 bits per heavy atom. The van der Waals surface area contributed by atoms with Gasteiger partial charge in [-0.3, -0.25) is 0 Å². The van der Waals surface area contributed by atoms with Crippen LogP contribution in [0.1, 0.15) is 55.7 Å². The van der Waals surface area contributed by atoms with Gasteiger partial charge in [-0.1, -0.05) is 0 Å². The molecule has 5 nitrogen and oxygen atoms in total. The van der Waals surface area contributed by atoms with Crippen molar-refractivity contribution in [1.82, 2.24) is 15.4 Å². The fourth-order valence-electron chi connectivity index (χ4n) is 1.96. The Bertz CT molecular complexity index is 419. The van der Waals surface area contributed by atoms with Crippen molar-refractivity contribution in [3.8, 4) is 0 Å². The molecule has 1 aliphatic heterocycles. The molecule has 1 aliphatic rings. The summed E-state index contributed by atoms with van der Waals surface area (Å²) in [4.78, 5) is 12.0. The number of ether oxygens (including phenoxy) is 1. The number of H-pyrrole nitrogens is 1. The first-order valence-corrected chi connectivity index (χ1v) is 7.34. The molecule has 2 heterocycles. The Morgan fingerprint density at radius 2 is 2.22 bits per heavy atom. The Morgan fingerprint density at radius 1 is 1.44 bits per heavy atom. The molecule has 1 saturated heterocycles. The van der Waals surface area contributed by atoms with Crippen LogP contribution >= 0.6 is 11.8 Å². The Labute approximate surface area is 111 Å². The van der Waals surface area contributed by atoms with Gasteiger partial charge in [-0.15, -0.1) is 5.10 Å². The van der Waals surface area contributed by atoms with E-state index in [1.165, 1.54) is 5.75 Å². The van der Waals surface area contributed by atoms with Crippen LogP contribution in [-0.4, -0.2) is 38.5 Å². The van der Waals surface area contributed by atoms with Gasteiger partial charge in [0, 0.05) is 11.7 Å². The van der Waals surface area contributed by atoms with Gasteiger partial charge in [0.25, 0.3) is 0 Å². The van der Waals surface area contributed by atoms with Gasteiger partial charge in [0.1, 0.15) is 11.3 Å². The maximum absolute atomic E-state index is 12.0. The lowest BCUT2D eigenvalue weighted by molar-refractivity contribution is 0.00610. The predicted molar refractivity (Wildman–Crippen MR) is 70.9 cm³/mol. The van der Waals surface area contributed by atoms with Crippen molar-refractivity contribution in [3.63, 3.8) is 0 Å². The first kappa shape index (κ1) is 13.4. The molecule has 0 amide bonds. The van der Waals surface area contributed by atoms with Crippen LogP contribution in [0.2, 0.25) is 0 Å². The summed E-state index contributed by atoms with van der Waals surface area (Å²) in [6.45, 7) is 5.54. The first-order valence-electron chi connectivity index (χ1n) is 6.19. The number of carbonyl (C=O) groups excluding carboxylic acids is 1. The van der Waals surface area contributed by atoms with E-state index in [2.05, 4.69) is 15.4 Å². The fraction of sp³-hybridized carbons (Fsp3) is 0.750. The lowest BCUT2D eigenvalue weighted by atomic mass is 10.00. The summed E-state index contributed by atoms with van der Waals surface area (Å²) in [6, 6.07) is 0. The van der Waals surface area contributed by atoms with Gasteiger partial charge < -0.3 is 4.74 Å². The fourth-order valence-corrected chi connectivity index (χ4v) is 3.10. The third-order valence-electron chi connectivity index (χ3n) is 2.71. The number of hydrogen-bond acceptors (Lipinski definition) is 5. The molecule has 0 aliphatic carbocycles. The summed E-state index contributed by atoms with van der Waals surface area (Å²) in [5.74, 6) is 2.12. The van der Waals surface area contributed by atoms with E-state index in [1.807, 2.05) is 32.5 Å². The van der Waals surface area contributed by atoms with E-state index in [9.17, 15) is 4.79 Å². The minimum absolute atomic E-state index is 0.310. The molecule has 0 aromatic carbocycles. The Kier molecular flexibility index (Phi) is 3.94. The molecule has 0 radical (unpaired) electrons. The molecule has 100 valence electrons. The molecule has 0 spiro atoms. The summed E-state index contributed by atoms with van der Waals surface area (Å²) in [6.07, 6.45) is 2.23. The number of rotatable bonds is 2. The van der Waals surface area contributed by atoms with Crippen molar-refractivity contribution in [2.75, 3.05) is 11.5 Å². The average molecular weight is 269 g/mol. The van der Waals surface area contributed by atoms with Crippen LogP contribution in [0.4, 0.5) is 0 Å². The third kappa shape index (κ3) is 3.25. The monoisotopic (exact) mass is 269 g/mol. The molecule has 1 fully saturated rings. The Balaban J connectivity index is 2.14. The molecule has 1 aromatic rings. The molecule has 1 aromatic heterocycles. The van der Waals surface area contributed by atoms with Crippen molar-refractivity contribution in [2.45, 2.75) is 45.1 Å². The van der Waals surface area contributed by atoms with Crippen LogP contribution in [0.15, 0.2) is 0 Å². The van der Waals surface area contributed by atoms with Crippen molar-refractivity contribution >= 4 is 17.7 Å². The van der Waals surface area contributed by atoms with Crippen LogP contribution in [-0.2, 0) is 4.74 Å². The molecule has 0 saturated carbocycles. The number of aromatic amines is 1. The highest BCUT2D eigenvalue weighted by atomic mass is 32.2. The zero-order chi connectivity index (χ0) is 13.2. The van der Waals surface area contributed by atoms with Crippen molar-refractivity contribution in [2.24, 2.45) is 0 Å². The van der Waals surface area contributed by atoms with Crippen molar-refractivity contribution < 1.29 is 9.53 Å². The lowest BCUT2D eigenvalue weighted by Gasteiger charge is -2.21. The number of nitrogens with one attached hydrogen (secondary N) is 1. The molecular formula is C12H19N3O2S. The van der Waals surface area contributed by atoms with Gasteiger partial charge in [-0.2, -0.15) is 22.1 Å². The van der Waals surface area contributed by atoms with Crippen LogP contribution in [0.25, 0.3) is 0 Å². The van der Waals surface area contributed by atoms with Crippen LogP contribution in [0, 0.1) is 0 Å². The lowest BCUT2D eigenvalue weighted by Crippen LogP contribution is -2.25. The van der Waals surface area contributed by atoms with Gasteiger partial charge in [-0.05, 0) is 39.4 Å². The quantitative estimate of drug-likeness (QED) is 0.835. The second-order valence-corrected chi connectivity index (χ2v) is 6.62. The third-order valence-corrected chi connectivity index (χ3v) is 3.93. The molecule has 2 rings (SSSR count). The molecule has 1 atom stereocenters. The number of thioether (sulfide) groups is 1. The average Bonchev–Trinajstić information content (AvgIpc) is 2.76. The molecule has 0 bridgehead atoms. The number of carbonyl (C=O) groups is 1. The van der Waals surface area contributed by atoms with E-state index in [1.54, 1.807) is 0 Å². The Hall–Kier alpha value is -1.04. The minimum Gasteiger partial charge on any atom is -0.455 e. The highest BCUT2D eigenvalue weighted by Gasteiger charge is 2.28. The molecule has 1 unspecified atom stereocenters. The summed E-state index contributed by atoms with van der Waals surface area (Å²) in [5, 5.41) is 10.6. The molecular weight excluding hydrogens is 250 g/mol. The van der Waals surface area contributed by atoms with Crippen molar-refractivity contribution in [3.05, 3.63) is 11.4 Å². The normalized spacial score (nSPS) is 20.7. The second kappa shape index (κ2) is 5.30. The van der Waals surface area contributed by atoms with Gasteiger partial charge in [0.05, 0.1) is 0 Å². The number of aromatic nitrogens is 3. The minimum atomic E-state index is -0.505. The number of hydrogen-bond donors (Lipinski definition) is 1. The zero-order valence-corrected chi connectivity index (χ0v) is 11.8. The summed E-state index contributed by atoms with van der Waals surface area (Å²) in [7, 11) is 0. The molecule has 1 N–H and O–H groups in total. The van der Waals surface area contributed by atoms with E-state index >= 15 is 0 Å². The topological polar surface area (TPSA) is 67.9 Å². The van der Waals surface area contributed by atoms with Crippen LogP contribution < -0.4 is 0 Å². The summed E-state index contributed by atoms with van der Waals surface area (Å²) >= 11 is 1.90. The molecule has 18 heavy (non-hydrogen) atoms. The van der Waals surface area contributed by atoms with Gasteiger partial charge in [0.2, 0.25) is 0 Å². The van der Waals surface area contributed by atoms with E-state index in [4.69, 9.17) is 4.74 Å². The summed E-state index contributed by atoms with van der Waals surface area (Å²) < 4.78 is 5.35. The second-order valence-electron chi connectivity index (χ2n) is 5.47. The van der Waals surface area contributed by atoms with E-state index in [-0.39, 0.29) is 5.97 Å². The maximum atomic E-state index is 12.0. The van der Waals surface area contributed by atoms with E-state index < -0.39 is 5.60 Å². The molecule has 6 heteroatoms. The van der Waals surface area contributed by atoms with Gasteiger partial charge in [-0.25, -0.2) is 4.79 Å². The van der Waals surface area contributed by atoms with Crippen LogP contribution in [0.3, 0.4) is 0 Å². The number of esters is 1. The highest BCUT2D eigenvalue weighted by Crippen LogP contribution is 2.31. The summed E-state index contributed by atoms with van der Waals surface area (Å²) in [5.41, 5.74) is 0.600. The highest BCUT2D eigenvalue weighted by molar-refractivity contribution is 7.99. The standard InChI is InChI=1S/C12H19N3O2S/c1-12(2,3)17-11(16)10-9(13-15-14-10)8-5-4-6-18-7-8/h8H,4-7H2,1-3H3,(H,13,14,15). The predicted octanol–water partition coefficient (Wildman–Crippen LogP) is 2.37. The zero-order valence-electron chi connectivity index (χ0n) is 11.0. The van der Waals surface area contributed by atoms with Crippen molar-refractivity contribution in [1.29, 1.82) is 0 Å². The van der Waals surface area contributed by atoms with E-state index in [0.29, 0.717) is 11.6 Å². The van der Waals surface area contributed by atoms with Gasteiger partial charge >= 0.3 is 5.97 Å². The smallest absolute Gasteiger partial charge is 0.361 e. The first-order chi connectivity index (χ1) is 8.47. The number of nitrogens with zero attached hydrogens (tertiary/aromatic N) is 2. The largest absolute Gasteiger partial charge is 0.455 e. The maximum Gasteiger partial charge on any atom is 0.361 e. The van der Waals surface area contributed by atoms with Gasteiger partial charge in [0.15, 0.2) is 5.69 Å². The van der Waals surface area contributed by atoms with Crippen LogP contribution in [0.5, 0.6) is 0 Å².